The van der Waals surface area contributed by atoms with Gasteiger partial charge in [0, 0.05) is 11.1 Å². The molecular weight excluding hydrogens is 404 g/mol. The molecule has 0 amide bonds. The molecule has 0 aliphatic carbocycles. The van der Waals surface area contributed by atoms with E-state index >= 15 is 0 Å². The summed E-state index contributed by atoms with van der Waals surface area (Å²) in [7, 11) is 0.555. The lowest BCUT2D eigenvalue weighted by Gasteiger charge is -2.17. The normalized spacial score (nSPS) is 13.2. The van der Waals surface area contributed by atoms with E-state index in [1.54, 1.807) is 43.3 Å². The Morgan fingerprint density at radius 2 is 1.63 bits per heavy atom. The number of pyridine rings is 1. The van der Waals surface area contributed by atoms with Crippen molar-refractivity contribution in [2.45, 2.75) is 16.7 Å². The maximum atomic E-state index is 13.4. The number of hydrogen-bond acceptors (Lipinski definition) is 7. The van der Waals surface area contributed by atoms with Gasteiger partial charge < -0.3 is 14.2 Å². The third-order valence-electron chi connectivity index (χ3n) is 5.10. The van der Waals surface area contributed by atoms with Crippen LogP contribution in [-0.4, -0.2) is 34.7 Å². The SMILES string of the molecule is COc1cc(-c2c(C#N)c(C)nc3c2S(=O)(=O)c2ccccc2-3)cc(OC)c1OC. The second-order valence-corrected chi connectivity index (χ2v) is 8.51. The van der Waals surface area contributed by atoms with Gasteiger partial charge >= 0.3 is 0 Å². The van der Waals surface area contributed by atoms with Gasteiger partial charge in [0.05, 0.1) is 43.2 Å². The summed E-state index contributed by atoms with van der Waals surface area (Å²) in [5, 5.41) is 9.86. The first-order chi connectivity index (χ1) is 14.4. The molecule has 0 fully saturated rings. The number of benzene rings is 2. The molecule has 0 saturated carbocycles. The maximum absolute atomic E-state index is 13.4. The predicted octanol–water partition coefficient (Wildman–Crippen LogP) is 3.77. The fraction of sp³-hybridized carbons (Fsp3) is 0.182. The highest BCUT2D eigenvalue weighted by Gasteiger charge is 2.39. The third kappa shape index (κ3) is 2.63. The van der Waals surface area contributed by atoms with Crippen LogP contribution in [0.5, 0.6) is 17.2 Å². The molecule has 0 unspecified atom stereocenters. The van der Waals surface area contributed by atoms with Crippen LogP contribution in [0.1, 0.15) is 11.3 Å². The molecule has 0 N–H and O–H groups in total. The highest BCUT2D eigenvalue weighted by molar-refractivity contribution is 7.92. The molecule has 0 spiro atoms. The molecular formula is C22H18N2O5S. The first-order valence-electron chi connectivity index (χ1n) is 8.98. The van der Waals surface area contributed by atoms with Crippen LogP contribution in [0.2, 0.25) is 0 Å². The van der Waals surface area contributed by atoms with Crippen molar-refractivity contribution in [1.29, 1.82) is 5.26 Å². The van der Waals surface area contributed by atoms with Crippen LogP contribution in [0.15, 0.2) is 46.2 Å². The second-order valence-electron chi connectivity index (χ2n) is 6.65. The highest BCUT2D eigenvalue weighted by Crippen LogP contribution is 2.50. The molecule has 30 heavy (non-hydrogen) atoms. The molecule has 7 nitrogen and oxygen atoms in total. The van der Waals surface area contributed by atoms with Crippen molar-refractivity contribution in [3.05, 3.63) is 47.7 Å². The summed E-state index contributed by atoms with van der Waals surface area (Å²) in [6, 6.07) is 12.1. The van der Waals surface area contributed by atoms with Crippen molar-refractivity contribution >= 4 is 9.84 Å². The molecule has 0 saturated heterocycles. The zero-order chi connectivity index (χ0) is 21.6. The average Bonchev–Trinajstić information content (AvgIpc) is 2.98. The van der Waals surface area contributed by atoms with E-state index in [2.05, 4.69) is 11.1 Å². The Morgan fingerprint density at radius 3 is 2.20 bits per heavy atom. The molecule has 0 bridgehead atoms. The van der Waals surface area contributed by atoms with Crippen molar-refractivity contribution in [1.82, 2.24) is 4.98 Å². The van der Waals surface area contributed by atoms with Gasteiger partial charge in [0.2, 0.25) is 15.6 Å². The van der Waals surface area contributed by atoms with Gasteiger partial charge in [0.1, 0.15) is 11.0 Å². The number of nitriles is 1. The Morgan fingerprint density at radius 1 is 1.00 bits per heavy atom. The van der Waals surface area contributed by atoms with E-state index in [0.29, 0.717) is 39.8 Å². The quantitative estimate of drug-likeness (QED) is 0.494. The van der Waals surface area contributed by atoms with E-state index in [1.807, 2.05) is 0 Å². The Hall–Kier alpha value is -3.57. The lowest BCUT2D eigenvalue weighted by atomic mass is 9.96. The maximum Gasteiger partial charge on any atom is 0.210 e. The van der Waals surface area contributed by atoms with Gasteiger partial charge in [-0.25, -0.2) is 8.42 Å². The van der Waals surface area contributed by atoms with Crippen LogP contribution < -0.4 is 14.2 Å². The summed E-state index contributed by atoms with van der Waals surface area (Å²) < 4.78 is 43.1. The topological polar surface area (TPSA) is 98.5 Å². The highest BCUT2D eigenvalue weighted by atomic mass is 32.2. The fourth-order valence-corrected chi connectivity index (χ4v) is 5.61. The number of nitrogens with zero attached hydrogens (tertiary/aromatic N) is 2. The fourth-order valence-electron chi connectivity index (χ4n) is 3.78. The molecule has 3 aromatic rings. The number of aromatic nitrogens is 1. The Labute approximate surface area is 174 Å². The van der Waals surface area contributed by atoms with Crippen molar-refractivity contribution in [3.8, 4) is 45.7 Å². The summed E-state index contributed by atoms with van der Waals surface area (Å²) in [4.78, 5) is 4.67. The average molecular weight is 422 g/mol. The zero-order valence-corrected chi connectivity index (χ0v) is 17.6. The van der Waals surface area contributed by atoms with Crippen molar-refractivity contribution in [3.63, 3.8) is 0 Å². The van der Waals surface area contributed by atoms with Gasteiger partial charge in [0.15, 0.2) is 11.5 Å². The van der Waals surface area contributed by atoms with Crippen LogP contribution in [0.25, 0.3) is 22.4 Å². The van der Waals surface area contributed by atoms with Crippen molar-refractivity contribution < 1.29 is 22.6 Å². The number of ether oxygens (including phenoxy) is 3. The molecule has 4 rings (SSSR count). The van der Waals surface area contributed by atoms with Crippen LogP contribution in [0.4, 0.5) is 0 Å². The Kier molecular flexibility index (Phi) is 4.63. The molecule has 2 aromatic carbocycles. The van der Waals surface area contributed by atoms with Gasteiger partial charge in [-0.05, 0) is 30.7 Å². The van der Waals surface area contributed by atoms with Gasteiger partial charge in [-0.2, -0.15) is 5.26 Å². The summed E-state index contributed by atoms with van der Waals surface area (Å²) >= 11 is 0. The molecule has 152 valence electrons. The lowest BCUT2D eigenvalue weighted by molar-refractivity contribution is 0.324. The summed E-state index contributed by atoms with van der Waals surface area (Å²) in [6.45, 7) is 1.69. The molecule has 8 heteroatoms. The lowest BCUT2D eigenvalue weighted by Crippen LogP contribution is -2.05. The minimum absolute atomic E-state index is 0.0140. The van der Waals surface area contributed by atoms with E-state index in [9.17, 15) is 13.7 Å². The van der Waals surface area contributed by atoms with E-state index in [1.165, 1.54) is 21.3 Å². The third-order valence-corrected chi connectivity index (χ3v) is 6.97. The first-order valence-corrected chi connectivity index (χ1v) is 10.5. The van der Waals surface area contributed by atoms with Crippen LogP contribution >= 0.6 is 0 Å². The Balaban J connectivity index is 2.17. The minimum Gasteiger partial charge on any atom is -0.493 e. The van der Waals surface area contributed by atoms with Crippen LogP contribution in [0.3, 0.4) is 0 Å². The van der Waals surface area contributed by atoms with E-state index in [-0.39, 0.29) is 20.9 Å². The molecule has 1 aliphatic rings. The largest absolute Gasteiger partial charge is 0.493 e. The summed E-state index contributed by atoms with van der Waals surface area (Å²) in [5.41, 5.74) is 2.21. The number of fused-ring (bicyclic) bond motifs is 3. The minimum atomic E-state index is -3.87. The molecule has 1 aromatic heterocycles. The number of sulfone groups is 1. The standard InChI is InChI=1S/C22H18N2O5S/c1-12-15(11-23)19(13-9-16(27-2)21(29-4)17(10-13)28-3)22-20(24-12)14-7-5-6-8-18(14)30(22,25)26/h5-10H,1-4H3. The van der Waals surface area contributed by atoms with Crippen LogP contribution in [-0.2, 0) is 9.84 Å². The van der Waals surface area contributed by atoms with Crippen LogP contribution in [0, 0.1) is 18.3 Å². The number of aryl methyl sites for hydroxylation is 1. The molecule has 0 radical (unpaired) electrons. The monoisotopic (exact) mass is 422 g/mol. The van der Waals surface area contributed by atoms with E-state index in [0.717, 1.165) is 0 Å². The zero-order valence-electron chi connectivity index (χ0n) is 16.8. The Bertz CT molecular complexity index is 1320. The van der Waals surface area contributed by atoms with E-state index in [4.69, 9.17) is 14.2 Å². The number of methoxy groups -OCH3 is 3. The van der Waals surface area contributed by atoms with Gasteiger partial charge in [-0.1, -0.05) is 18.2 Å². The van der Waals surface area contributed by atoms with Gasteiger partial charge in [-0.3, -0.25) is 4.98 Å². The predicted molar refractivity (Wildman–Crippen MR) is 110 cm³/mol. The van der Waals surface area contributed by atoms with Gasteiger partial charge in [-0.15, -0.1) is 0 Å². The first kappa shape index (κ1) is 19.7. The number of rotatable bonds is 4. The van der Waals surface area contributed by atoms with Crippen molar-refractivity contribution in [2.24, 2.45) is 0 Å². The molecule has 0 atom stereocenters. The second kappa shape index (κ2) is 7.04. The molecule has 2 heterocycles. The van der Waals surface area contributed by atoms with E-state index < -0.39 is 9.84 Å². The number of hydrogen-bond donors (Lipinski definition) is 0. The van der Waals surface area contributed by atoms with Gasteiger partial charge in [0.25, 0.3) is 0 Å². The van der Waals surface area contributed by atoms with Crippen molar-refractivity contribution in [2.75, 3.05) is 21.3 Å². The summed E-state index contributed by atoms with van der Waals surface area (Å²) in [5.74, 6) is 1.08. The molecule has 1 aliphatic heterocycles. The summed E-state index contributed by atoms with van der Waals surface area (Å²) in [6.07, 6.45) is 0. The smallest absolute Gasteiger partial charge is 0.210 e.